The van der Waals surface area contributed by atoms with Crippen LogP contribution in [0, 0.1) is 5.92 Å². The summed E-state index contributed by atoms with van der Waals surface area (Å²) < 4.78 is 5.39. The van der Waals surface area contributed by atoms with E-state index in [9.17, 15) is 0 Å². The second-order valence-electron chi connectivity index (χ2n) is 5.02. The second-order valence-corrected chi connectivity index (χ2v) is 5.02. The SMILES string of the molecule is COC(C)(C)c1nc(CC(C)C)cc(NN)n1. The average Bonchev–Trinajstić information content (AvgIpc) is 2.27. The van der Waals surface area contributed by atoms with Crippen LogP contribution in [0.25, 0.3) is 0 Å². The van der Waals surface area contributed by atoms with E-state index in [1.54, 1.807) is 7.11 Å². The minimum atomic E-state index is -0.515. The van der Waals surface area contributed by atoms with Gasteiger partial charge in [0.2, 0.25) is 0 Å². The number of hydrogen-bond donors (Lipinski definition) is 2. The molecule has 1 aromatic rings. The van der Waals surface area contributed by atoms with E-state index in [0.717, 1.165) is 12.1 Å². The van der Waals surface area contributed by atoms with Gasteiger partial charge in [-0.25, -0.2) is 15.8 Å². The van der Waals surface area contributed by atoms with Crippen LogP contribution in [0.2, 0.25) is 0 Å². The highest BCUT2D eigenvalue weighted by molar-refractivity contribution is 5.35. The van der Waals surface area contributed by atoms with Gasteiger partial charge in [0.05, 0.1) is 0 Å². The minimum Gasteiger partial charge on any atom is -0.371 e. The maximum absolute atomic E-state index is 5.42. The fraction of sp³-hybridized carbons (Fsp3) is 0.667. The zero-order valence-electron chi connectivity index (χ0n) is 11.2. The van der Waals surface area contributed by atoms with Crippen LogP contribution in [0.3, 0.4) is 0 Å². The zero-order valence-corrected chi connectivity index (χ0v) is 11.2. The molecule has 0 aliphatic carbocycles. The molecule has 1 heterocycles. The summed E-state index contributed by atoms with van der Waals surface area (Å²) in [4.78, 5) is 8.86. The van der Waals surface area contributed by atoms with Crippen LogP contribution in [0.15, 0.2) is 6.07 Å². The van der Waals surface area contributed by atoms with Gasteiger partial charge in [0.1, 0.15) is 11.4 Å². The van der Waals surface area contributed by atoms with E-state index in [-0.39, 0.29) is 0 Å². The number of nitrogens with one attached hydrogen (secondary N) is 1. The maximum atomic E-state index is 5.42. The second kappa shape index (κ2) is 5.42. The van der Waals surface area contributed by atoms with Crippen molar-refractivity contribution in [2.45, 2.75) is 39.7 Å². The Morgan fingerprint density at radius 2 is 2.06 bits per heavy atom. The summed E-state index contributed by atoms with van der Waals surface area (Å²) in [5.74, 6) is 7.22. The molecule has 5 nitrogen and oxygen atoms in total. The van der Waals surface area contributed by atoms with Gasteiger partial charge in [0.15, 0.2) is 5.82 Å². The highest BCUT2D eigenvalue weighted by atomic mass is 16.5. The van der Waals surface area contributed by atoms with E-state index in [2.05, 4.69) is 29.2 Å². The number of nitrogens with two attached hydrogens (primary N) is 1. The van der Waals surface area contributed by atoms with Crippen molar-refractivity contribution in [2.75, 3.05) is 12.5 Å². The predicted molar refractivity (Wildman–Crippen MR) is 68.4 cm³/mol. The molecule has 0 unspecified atom stereocenters. The third-order valence-corrected chi connectivity index (χ3v) is 2.59. The molecule has 3 N–H and O–H groups in total. The van der Waals surface area contributed by atoms with Gasteiger partial charge in [-0.15, -0.1) is 0 Å². The van der Waals surface area contributed by atoms with Crippen molar-refractivity contribution < 1.29 is 4.74 Å². The van der Waals surface area contributed by atoms with Crippen molar-refractivity contribution in [1.82, 2.24) is 9.97 Å². The van der Waals surface area contributed by atoms with Gasteiger partial charge in [0.25, 0.3) is 0 Å². The molecule has 0 fully saturated rings. The molecule has 0 saturated heterocycles. The summed E-state index contributed by atoms with van der Waals surface area (Å²) in [6.07, 6.45) is 0.893. The van der Waals surface area contributed by atoms with Crippen LogP contribution in [-0.2, 0) is 16.8 Å². The molecule has 0 atom stereocenters. The van der Waals surface area contributed by atoms with E-state index in [1.807, 2.05) is 19.9 Å². The maximum Gasteiger partial charge on any atom is 0.162 e. The van der Waals surface area contributed by atoms with Crippen LogP contribution < -0.4 is 11.3 Å². The molecule has 5 heteroatoms. The zero-order chi connectivity index (χ0) is 13.1. The van der Waals surface area contributed by atoms with Gasteiger partial charge in [-0.3, -0.25) is 0 Å². The van der Waals surface area contributed by atoms with Crippen molar-refractivity contribution in [3.63, 3.8) is 0 Å². The van der Waals surface area contributed by atoms with Crippen LogP contribution in [0.1, 0.15) is 39.2 Å². The highest BCUT2D eigenvalue weighted by Crippen LogP contribution is 2.22. The molecule has 0 spiro atoms. The molecule has 0 aliphatic heterocycles. The first-order valence-corrected chi connectivity index (χ1v) is 5.79. The Labute approximate surface area is 103 Å². The van der Waals surface area contributed by atoms with Crippen LogP contribution in [0.5, 0.6) is 0 Å². The quantitative estimate of drug-likeness (QED) is 0.605. The molecule has 0 aliphatic rings. The Balaban J connectivity index is 3.13. The molecule has 17 heavy (non-hydrogen) atoms. The predicted octanol–water partition coefficient (Wildman–Crippen LogP) is 1.84. The fourth-order valence-electron chi connectivity index (χ4n) is 1.45. The van der Waals surface area contributed by atoms with E-state index in [1.165, 1.54) is 0 Å². The van der Waals surface area contributed by atoms with E-state index in [0.29, 0.717) is 17.6 Å². The van der Waals surface area contributed by atoms with Gasteiger partial charge in [0, 0.05) is 18.9 Å². The third kappa shape index (κ3) is 3.64. The monoisotopic (exact) mass is 238 g/mol. The number of nitrogens with zero attached hydrogens (tertiary/aromatic N) is 2. The lowest BCUT2D eigenvalue weighted by Gasteiger charge is -2.22. The average molecular weight is 238 g/mol. The molecule has 0 amide bonds. The molecule has 0 radical (unpaired) electrons. The van der Waals surface area contributed by atoms with E-state index in [4.69, 9.17) is 10.6 Å². The number of ether oxygens (including phenoxy) is 1. The third-order valence-electron chi connectivity index (χ3n) is 2.59. The van der Waals surface area contributed by atoms with Crippen molar-refractivity contribution in [2.24, 2.45) is 11.8 Å². The smallest absolute Gasteiger partial charge is 0.162 e. The number of rotatable bonds is 5. The minimum absolute atomic E-state index is 0.515. The molecule has 0 bridgehead atoms. The highest BCUT2D eigenvalue weighted by Gasteiger charge is 2.24. The van der Waals surface area contributed by atoms with Crippen LogP contribution in [-0.4, -0.2) is 17.1 Å². The number of aromatic nitrogens is 2. The summed E-state index contributed by atoms with van der Waals surface area (Å²) in [7, 11) is 1.65. The molecular weight excluding hydrogens is 216 g/mol. The fourth-order valence-corrected chi connectivity index (χ4v) is 1.45. The van der Waals surface area contributed by atoms with Gasteiger partial charge in [-0.05, 0) is 26.2 Å². The lowest BCUT2D eigenvalue weighted by atomic mass is 10.1. The Bertz CT molecular complexity index is 377. The molecule has 1 aromatic heterocycles. The number of hydrogen-bond acceptors (Lipinski definition) is 5. The van der Waals surface area contributed by atoms with E-state index < -0.39 is 5.60 Å². The number of methoxy groups -OCH3 is 1. The first kappa shape index (κ1) is 13.9. The van der Waals surface area contributed by atoms with Crippen molar-refractivity contribution in [1.29, 1.82) is 0 Å². The largest absolute Gasteiger partial charge is 0.371 e. The number of nitrogen functional groups attached to an aromatic ring is 1. The van der Waals surface area contributed by atoms with Crippen LogP contribution in [0.4, 0.5) is 5.82 Å². The lowest BCUT2D eigenvalue weighted by molar-refractivity contribution is 0.0114. The number of anilines is 1. The number of hydrazine groups is 1. The van der Waals surface area contributed by atoms with E-state index >= 15 is 0 Å². The lowest BCUT2D eigenvalue weighted by Crippen LogP contribution is -2.25. The first-order chi connectivity index (χ1) is 7.89. The van der Waals surface area contributed by atoms with Crippen molar-refractivity contribution in [3.8, 4) is 0 Å². The Kier molecular flexibility index (Phi) is 4.42. The molecular formula is C12H22N4O. The van der Waals surface area contributed by atoms with Gasteiger partial charge in [-0.1, -0.05) is 13.8 Å². The summed E-state index contributed by atoms with van der Waals surface area (Å²) >= 11 is 0. The Hall–Kier alpha value is -1.20. The van der Waals surface area contributed by atoms with Crippen LogP contribution >= 0.6 is 0 Å². The van der Waals surface area contributed by atoms with Gasteiger partial charge >= 0.3 is 0 Å². The Morgan fingerprint density at radius 3 is 2.53 bits per heavy atom. The summed E-state index contributed by atoms with van der Waals surface area (Å²) in [5.41, 5.74) is 3.03. The summed E-state index contributed by atoms with van der Waals surface area (Å²) in [6.45, 7) is 8.17. The van der Waals surface area contributed by atoms with Gasteiger partial charge in [-0.2, -0.15) is 0 Å². The molecule has 0 aromatic carbocycles. The molecule has 0 saturated carbocycles. The van der Waals surface area contributed by atoms with Crippen molar-refractivity contribution in [3.05, 3.63) is 17.6 Å². The van der Waals surface area contributed by atoms with Crippen molar-refractivity contribution >= 4 is 5.82 Å². The molecule has 96 valence electrons. The standard InChI is InChI=1S/C12H22N4O/c1-8(2)6-9-7-10(16-13)15-11(14-9)12(3,4)17-5/h7-8H,6,13H2,1-5H3,(H,14,15,16). The van der Waals surface area contributed by atoms with Gasteiger partial charge < -0.3 is 10.2 Å². The topological polar surface area (TPSA) is 73.1 Å². The molecule has 1 rings (SSSR count). The first-order valence-electron chi connectivity index (χ1n) is 5.79. The normalized spacial score (nSPS) is 11.9. The summed E-state index contributed by atoms with van der Waals surface area (Å²) in [6, 6.07) is 1.87. The summed E-state index contributed by atoms with van der Waals surface area (Å²) in [5, 5.41) is 0. The Morgan fingerprint density at radius 1 is 1.41 bits per heavy atom.